The smallest absolute Gasteiger partial charge is 0.260 e. The van der Waals surface area contributed by atoms with Crippen molar-refractivity contribution < 1.29 is 19.1 Å². The number of para-hydroxylation sites is 2. The van der Waals surface area contributed by atoms with Crippen LogP contribution in [0, 0.1) is 5.92 Å². The summed E-state index contributed by atoms with van der Waals surface area (Å²) >= 11 is 0. The van der Waals surface area contributed by atoms with Gasteiger partial charge >= 0.3 is 0 Å². The minimum atomic E-state index is -0.450. The Labute approximate surface area is 170 Å². The van der Waals surface area contributed by atoms with Gasteiger partial charge in [0.2, 0.25) is 11.8 Å². The van der Waals surface area contributed by atoms with Crippen molar-refractivity contribution in [3.05, 3.63) is 60.2 Å². The Morgan fingerprint density at radius 3 is 2.55 bits per heavy atom. The average Bonchev–Trinajstić information content (AvgIpc) is 3.13. The van der Waals surface area contributed by atoms with E-state index in [9.17, 15) is 14.4 Å². The summed E-state index contributed by atoms with van der Waals surface area (Å²) in [5.74, 6) is -0.998. The summed E-state index contributed by atoms with van der Waals surface area (Å²) in [6.07, 6.45) is 0.162. The van der Waals surface area contributed by atoms with Gasteiger partial charge in [0, 0.05) is 39.4 Å². The number of rotatable bonds is 7. The first-order valence-corrected chi connectivity index (χ1v) is 9.51. The SMILES string of the molecule is COCCN1C[C@@H](C(=O)Nc2ccccc2C(=O)N(C)c2ccccc2)CC1=O. The van der Waals surface area contributed by atoms with Gasteiger partial charge < -0.3 is 19.9 Å². The van der Waals surface area contributed by atoms with E-state index in [1.165, 1.54) is 4.90 Å². The Hall–Kier alpha value is -3.19. The second kappa shape index (κ2) is 9.34. The second-order valence-electron chi connectivity index (χ2n) is 6.97. The molecule has 0 radical (unpaired) electrons. The van der Waals surface area contributed by atoms with Crippen molar-refractivity contribution in [2.24, 2.45) is 5.92 Å². The summed E-state index contributed by atoms with van der Waals surface area (Å²) in [4.78, 5) is 41.0. The van der Waals surface area contributed by atoms with Crippen LogP contribution >= 0.6 is 0 Å². The van der Waals surface area contributed by atoms with Crippen molar-refractivity contribution in [1.29, 1.82) is 0 Å². The van der Waals surface area contributed by atoms with Gasteiger partial charge in [-0.25, -0.2) is 0 Å². The van der Waals surface area contributed by atoms with Crippen LogP contribution < -0.4 is 10.2 Å². The van der Waals surface area contributed by atoms with E-state index in [0.717, 1.165) is 5.69 Å². The molecule has 1 aliphatic rings. The highest BCUT2D eigenvalue weighted by Gasteiger charge is 2.34. The molecule has 2 aromatic rings. The van der Waals surface area contributed by atoms with Crippen molar-refractivity contribution in [1.82, 2.24) is 4.90 Å². The lowest BCUT2D eigenvalue weighted by Crippen LogP contribution is -2.31. The molecule has 7 nitrogen and oxygen atoms in total. The zero-order valence-electron chi connectivity index (χ0n) is 16.6. The molecule has 0 aliphatic carbocycles. The van der Waals surface area contributed by atoms with Crippen molar-refractivity contribution in [3.63, 3.8) is 0 Å². The maximum Gasteiger partial charge on any atom is 0.260 e. The van der Waals surface area contributed by atoms with Gasteiger partial charge in [-0.05, 0) is 24.3 Å². The highest BCUT2D eigenvalue weighted by Crippen LogP contribution is 2.24. The summed E-state index contributed by atoms with van der Waals surface area (Å²) in [5, 5.41) is 2.84. The van der Waals surface area contributed by atoms with Crippen LogP contribution in [0.2, 0.25) is 0 Å². The van der Waals surface area contributed by atoms with Crippen LogP contribution in [0.3, 0.4) is 0 Å². The lowest BCUT2D eigenvalue weighted by Gasteiger charge is -2.20. The Morgan fingerprint density at radius 1 is 1.14 bits per heavy atom. The Bertz CT molecular complexity index is 885. The van der Waals surface area contributed by atoms with Crippen LogP contribution in [0.4, 0.5) is 11.4 Å². The van der Waals surface area contributed by atoms with Gasteiger partial charge in [0.1, 0.15) is 0 Å². The first-order valence-electron chi connectivity index (χ1n) is 9.51. The molecule has 29 heavy (non-hydrogen) atoms. The number of amides is 3. The van der Waals surface area contributed by atoms with Crippen LogP contribution in [-0.2, 0) is 14.3 Å². The van der Waals surface area contributed by atoms with E-state index in [0.29, 0.717) is 30.9 Å². The van der Waals surface area contributed by atoms with Crippen LogP contribution in [0.5, 0.6) is 0 Å². The van der Waals surface area contributed by atoms with Gasteiger partial charge in [0.25, 0.3) is 5.91 Å². The maximum atomic E-state index is 13.0. The molecule has 1 atom stereocenters. The third-order valence-electron chi connectivity index (χ3n) is 5.01. The molecule has 7 heteroatoms. The van der Waals surface area contributed by atoms with E-state index in [1.807, 2.05) is 30.3 Å². The molecule has 0 bridgehead atoms. The highest BCUT2D eigenvalue weighted by molar-refractivity contribution is 6.11. The monoisotopic (exact) mass is 395 g/mol. The maximum absolute atomic E-state index is 13.0. The minimum Gasteiger partial charge on any atom is -0.383 e. The average molecular weight is 395 g/mol. The Morgan fingerprint density at radius 2 is 1.83 bits per heavy atom. The van der Waals surface area contributed by atoms with E-state index in [2.05, 4.69) is 5.32 Å². The molecule has 0 spiro atoms. The van der Waals surface area contributed by atoms with Crippen molar-refractivity contribution in [2.75, 3.05) is 44.1 Å². The van der Waals surface area contributed by atoms with Gasteiger partial charge in [0.05, 0.1) is 23.8 Å². The number of hydrogen-bond donors (Lipinski definition) is 1. The molecule has 1 fully saturated rings. The minimum absolute atomic E-state index is 0.0598. The molecule has 0 unspecified atom stereocenters. The van der Waals surface area contributed by atoms with Crippen LogP contribution in [-0.4, -0.2) is 56.5 Å². The second-order valence-corrected chi connectivity index (χ2v) is 6.97. The fourth-order valence-electron chi connectivity index (χ4n) is 3.33. The molecule has 0 saturated carbocycles. The normalized spacial score (nSPS) is 16.0. The van der Waals surface area contributed by atoms with E-state index >= 15 is 0 Å². The molecule has 1 saturated heterocycles. The zero-order chi connectivity index (χ0) is 20.8. The van der Waals surface area contributed by atoms with Gasteiger partial charge in [-0.3, -0.25) is 14.4 Å². The molecule has 1 N–H and O–H groups in total. The number of methoxy groups -OCH3 is 1. The number of carbonyl (C=O) groups is 3. The Kier molecular flexibility index (Phi) is 6.61. The summed E-state index contributed by atoms with van der Waals surface area (Å²) < 4.78 is 5.01. The first-order chi connectivity index (χ1) is 14.0. The molecule has 3 amide bonds. The van der Waals surface area contributed by atoms with Gasteiger partial charge in [-0.2, -0.15) is 0 Å². The summed E-state index contributed by atoms with van der Waals surface area (Å²) in [5.41, 5.74) is 1.59. The van der Waals surface area contributed by atoms with Crippen molar-refractivity contribution >= 4 is 29.1 Å². The highest BCUT2D eigenvalue weighted by atomic mass is 16.5. The van der Waals surface area contributed by atoms with Gasteiger partial charge in [-0.15, -0.1) is 0 Å². The summed E-state index contributed by atoms with van der Waals surface area (Å²) in [6.45, 7) is 1.26. The van der Waals surface area contributed by atoms with Gasteiger partial charge in [-0.1, -0.05) is 30.3 Å². The number of ether oxygens (including phenoxy) is 1. The number of nitrogens with zero attached hydrogens (tertiary/aromatic N) is 2. The predicted octanol–water partition coefficient (Wildman–Crippen LogP) is 2.40. The van der Waals surface area contributed by atoms with E-state index in [4.69, 9.17) is 4.74 Å². The number of nitrogens with one attached hydrogen (secondary N) is 1. The first kappa shape index (κ1) is 20.5. The third-order valence-corrected chi connectivity index (χ3v) is 5.01. The zero-order valence-corrected chi connectivity index (χ0v) is 16.6. The van der Waals surface area contributed by atoms with E-state index in [-0.39, 0.29) is 24.1 Å². The number of carbonyl (C=O) groups excluding carboxylic acids is 3. The van der Waals surface area contributed by atoms with Crippen LogP contribution in [0.25, 0.3) is 0 Å². The molecule has 1 aliphatic heterocycles. The lowest BCUT2D eigenvalue weighted by atomic mass is 10.1. The van der Waals surface area contributed by atoms with Crippen molar-refractivity contribution in [3.8, 4) is 0 Å². The summed E-state index contributed by atoms with van der Waals surface area (Å²) in [6, 6.07) is 16.2. The molecule has 152 valence electrons. The molecular formula is C22H25N3O4. The molecule has 0 aromatic heterocycles. The fourth-order valence-corrected chi connectivity index (χ4v) is 3.33. The number of benzene rings is 2. The number of hydrogen-bond acceptors (Lipinski definition) is 4. The van der Waals surface area contributed by atoms with E-state index < -0.39 is 5.92 Å². The molecular weight excluding hydrogens is 370 g/mol. The summed E-state index contributed by atoms with van der Waals surface area (Å²) in [7, 11) is 3.27. The van der Waals surface area contributed by atoms with Crippen molar-refractivity contribution in [2.45, 2.75) is 6.42 Å². The standard InChI is InChI=1S/C22H25N3O4/c1-24(17-8-4-3-5-9-17)22(28)18-10-6-7-11-19(18)23-21(27)16-14-20(26)25(15-16)12-13-29-2/h3-11,16H,12-15H2,1-2H3,(H,23,27)/t16-/m0/s1. The van der Waals surface area contributed by atoms with Crippen LogP contribution in [0.1, 0.15) is 16.8 Å². The van der Waals surface area contributed by atoms with E-state index in [1.54, 1.807) is 43.3 Å². The number of anilines is 2. The van der Waals surface area contributed by atoms with Crippen LogP contribution in [0.15, 0.2) is 54.6 Å². The molecule has 1 heterocycles. The molecule has 2 aromatic carbocycles. The predicted molar refractivity (Wildman–Crippen MR) is 111 cm³/mol. The molecule has 3 rings (SSSR count). The quantitative estimate of drug-likeness (QED) is 0.781. The Balaban J connectivity index is 1.72. The topological polar surface area (TPSA) is 79.0 Å². The number of likely N-dealkylation sites (tertiary alicyclic amines) is 1. The van der Waals surface area contributed by atoms with Gasteiger partial charge in [0.15, 0.2) is 0 Å². The lowest BCUT2D eigenvalue weighted by molar-refractivity contribution is -0.128. The third kappa shape index (κ3) is 4.81. The fraction of sp³-hybridized carbons (Fsp3) is 0.318. The largest absolute Gasteiger partial charge is 0.383 e.